The molecule has 2 N–H and O–H groups in total. The van der Waals surface area contributed by atoms with E-state index in [1.807, 2.05) is 0 Å². The van der Waals surface area contributed by atoms with Crippen LogP contribution in [0.15, 0.2) is 0 Å². The van der Waals surface area contributed by atoms with Gasteiger partial charge in [0.1, 0.15) is 0 Å². The van der Waals surface area contributed by atoms with Crippen molar-refractivity contribution >= 4 is 27.1 Å². The molecule has 120 valence electrons. The van der Waals surface area contributed by atoms with E-state index < -0.39 is 39.5 Å². The molecule has 0 bridgehead atoms. The maximum Gasteiger partial charge on any atom is 4.00 e. The molecular weight excluding hydrogens is 409 g/mol. The van der Waals surface area contributed by atoms with Crippen molar-refractivity contribution in [3.05, 3.63) is 0 Å². The molecule has 13 heteroatoms. The van der Waals surface area contributed by atoms with Gasteiger partial charge in [0.25, 0.3) is 0 Å². The first-order valence-corrected chi connectivity index (χ1v) is 8.75. The largest absolute Gasteiger partial charge is 4.00 e. The van der Waals surface area contributed by atoms with Crippen molar-refractivity contribution in [1.29, 1.82) is 0 Å². The number of aliphatic carboxylic acids is 2. The number of hydrogen-bond donors (Lipinski definition) is 2. The van der Waals surface area contributed by atoms with Gasteiger partial charge >= 0.3 is 38.1 Å². The smallest absolute Gasteiger partial charge is 0.811 e. The van der Waals surface area contributed by atoms with Crippen molar-refractivity contribution in [2.75, 3.05) is 12.3 Å². The molecule has 21 heavy (non-hydrogen) atoms. The fourth-order valence-electron chi connectivity index (χ4n) is 0.848. The van der Waals surface area contributed by atoms with Gasteiger partial charge < -0.3 is 38.9 Å². The second-order valence-electron chi connectivity index (χ2n) is 3.66. The van der Waals surface area contributed by atoms with Crippen LogP contribution in [0.5, 0.6) is 0 Å². The summed E-state index contributed by atoms with van der Waals surface area (Å²) in [5.41, 5.74) is 0. The van der Waals surface area contributed by atoms with Crippen molar-refractivity contribution in [1.82, 2.24) is 0 Å². The zero-order chi connectivity index (χ0) is 16.4. The van der Waals surface area contributed by atoms with Gasteiger partial charge in [-0.15, -0.1) is 0 Å². The van der Waals surface area contributed by atoms with E-state index in [0.717, 1.165) is 0 Å². The summed E-state index contributed by atoms with van der Waals surface area (Å²) in [6, 6.07) is 0. The number of hydrogen-bond acceptors (Lipinski definition) is 8. The second kappa shape index (κ2) is 12.6. The summed E-state index contributed by atoms with van der Waals surface area (Å²) in [5, 5.41) is 16.0. The first-order chi connectivity index (χ1) is 8.83. The standard InChI is InChI=1S/2C4H9O5P.Zr/c2*5-4(6)2-1-3-10(7,8)9;/h2*1-3H2,(H,5,6)(H2,7,8,9);/q;;+4/p-4. The van der Waals surface area contributed by atoms with Crippen LogP contribution in [-0.2, 0) is 44.9 Å². The van der Waals surface area contributed by atoms with Crippen LogP contribution in [0.25, 0.3) is 0 Å². The van der Waals surface area contributed by atoms with E-state index in [1.165, 1.54) is 0 Å². The normalized spacial score (nSPS) is 10.9. The quantitative estimate of drug-likeness (QED) is 0.394. The third kappa shape index (κ3) is 33.1. The Kier molecular flexibility index (Phi) is 15.7. The Labute approximate surface area is 140 Å². The summed E-state index contributed by atoms with van der Waals surface area (Å²) in [6.07, 6.45) is -1.87. The summed E-state index contributed by atoms with van der Waals surface area (Å²) < 4.78 is 19.8. The van der Waals surface area contributed by atoms with Crippen LogP contribution < -0.4 is 19.6 Å². The maximum atomic E-state index is 9.89. The first kappa shape index (κ1) is 26.0. The fraction of sp³-hybridized carbons (Fsp3) is 0.750. The van der Waals surface area contributed by atoms with Gasteiger partial charge in [-0.2, -0.15) is 0 Å². The molecule has 10 nitrogen and oxygen atoms in total. The number of carbonyl (C=O) groups is 2. The third-order valence-electron chi connectivity index (χ3n) is 1.65. The van der Waals surface area contributed by atoms with Crippen LogP contribution in [0.2, 0.25) is 0 Å². The molecule has 0 saturated heterocycles. The molecular formula is C8H14O10P2Zr. The van der Waals surface area contributed by atoms with E-state index >= 15 is 0 Å². The van der Waals surface area contributed by atoms with Gasteiger partial charge in [0.2, 0.25) is 0 Å². The van der Waals surface area contributed by atoms with Crippen molar-refractivity contribution < 1.29 is 74.7 Å². The van der Waals surface area contributed by atoms with E-state index in [1.54, 1.807) is 0 Å². The molecule has 0 amide bonds. The Morgan fingerprint density at radius 1 is 0.762 bits per heavy atom. The van der Waals surface area contributed by atoms with Crippen molar-refractivity contribution in [3.63, 3.8) is 0 Å². The maximum absolute atomic E-state index is 9.89. The average molecular weight is 423 g/mol. The summed E-state index contributed by atoms with van der Waals surface area (Å²) >= 11 is 0. The third-order valence-corrected chi connectivity index (χ3v) is 3.37. The Bertz CT molecular complexity index is 362. The second-order valence-corrected chi connectivity index (χ2v) is 7.00. The molecule has 0 spiro atoms. The van der Waals surface area contributed by atoms with E-state index in [-0.39, 0.29) is 51.9 Å². The predicted molar refractivity (Wildman–Crippen MR) is 58.7 cm³/mol. The molecule has 0 aliphatic carbocycles. The van der Waals surface area contributed by atoms with Gasteiger partial charge in [-0.05, 0) is 25.2 Å². The Morgan fingerprint density at radius 3 is 1.14 bits per heavy atom. The summed E-state index contributed by atoms with van der Waals surface area (Å²) in [5.74, 6) is -2.18. The van der Waals surface area contributed by atoms with Gasteiger partial charge in [0.15, 0.2) is 0 Å². The number of carboxylic acid groups (broad SMARTS) is 2. The van der Waals surface area contributed by atoms with E-state index in [9.17, 15) is 38.3 Å². The minimum Gasteiger partial charge on any atom is -0.811 e. The van der Waals surface area contributed by atoms with Gasteiger partial charge in [-0.3, -0.25) is 9.59 Å². The van der Waals surface area contributed by atoms with Crippen LogP contribution in [0, 0.1) is 0 Å². The van der Waals surface area contributed by atoms with E-state index in [2.05, 4.69) is 0 Å². The number of rotatable bonds is 8. The minimum atomic E-state index is -4.49. The van der Waals surface area contributed by atoms with Gasteiger partial charge in [0.05, 0.1) is 0 Å². The predicted octanol–water partition coefficient (Wildman–Crippen LogP) is -2.47. The van der Waals surface area contributed by atoms with E-state index in [0.29, 0.717) is 0 Å². The van der Waals surface area contributed by atoms with Crippen LogP contribution >= 0.6 is 15.2 Å². The molecule has 0 fully saturated rings. The van der Waals surface area contributed by atoms with Crippen molar-refractivity contribution in [2.24, 2.45) is 0 Å². The van der Waals surface area contributed by atoms with Crippen LogP contribution in [-0.4, -0.2) is 34.5 Å². The Balaban J connectivity index is -0.000000295. The fourth-order valence-corrected chi connectivity index (χ4v) is 1.94. The molecule has 0 aliphatic rings. The van der Waals surface area contributed by atoms with Crippen LogP contribution in [0.1, 0.15) is 25.7 Å². The van der Waals surface area contributed by atoms with Crippen molar-refractivity contribution in [2.45, 2.75) is 25.7 Å². The topological polar surface area (TPSA) is 201 Å². The molecule has 0 aromatic heterocycles. The molecule has 0 atom stereocenters. The average Bonchev–Trinajstić information content (AvgIpc) is 2.12. The molecule has 0 aromatic rings. The van der Waals surface area contributed by atoms with Gasteiger partial charge in [-0.25, -0.2) is 0 Å². The summed E-state index contributed by atoms with van der Waals surface area (Å²) in [7, 11) is -8.97. The van der Waals surface area contributed by atoms with Gasteiger partial charge in [-0.1, -0.05) is 15.2 Å². The van der Waals surface area contributed by atoms with Crippen molar-refractivity contribution in [3.8, 4) is 0 Å². The molecule has 0 heterocycles. The summed E-state index contributed by atoms with van der Waals surface area (Å²) in [4.78, 5) is 59.2. The minimum absolute atomic E-state index is 0. The summed E-state index contributed by atoms with van der Waals surface area (Å²) in [6.45, 7) is 0. The monoisotopic (exact) mass is 422 g/mol. The van der Waals surface area contributed by atoms with Crippen LogP contribution in [0.3, 0.4) is 0 Å². The zero-order valence-electron chi connectivity index (χ0n) is 10.8. The number of carboxylic acids is 2. The molecule has 0 unspecified atom stereocenters. The Hall–Kier alpha value is 0.123. The van der Waals surface area contributed by atoms with E-state index in [4.69, 9.17) is 10.2 Å². The molecule has 0 aromatic carbocycles. The SMILES string of the molecule is O=C(O)CCCP(=O)([O-])[O-].O=C(O)CCCP(=O)([O-])[O-].[Zr+4]. The molecule has 0 rings (SSSR count). The van der Waals surface area contributed by atoms with Crippen LogP contribution in [0.4, 0.5) is 0 Å². The zero-order valence-corrected chi connectivity index (χ0v) is 15.0. The van der Waals surface area contributed by atoms with Gasteiger partial charge in [0, 0.05) is 12.8 Å². The molecule has 0 aliphatic heterocycles. The molecule has 0 saturated carbocycles. The Morgan fingerprint density at radius 2 is 1.00 bits per heavy atom. The first-order valence-electron chi connectivity index (χ1n) is 5.29. The molecule has 0 radical (unpaired) electrons.